The van der Waals surface area contributed by atoms with Crippen molar-refractivity contribution in [1.29, 1.82) is 0 Å². The number of nitrogen functional groups attached to an aromatic ring is 1. The Balaban J connectivity index is 1.99. The van der Waals surface area contributed by atoms with Crippen LogP contribution in [-0.4, -0.2) is 25.4 Å². The van der Waals surface area contributed by atoms with E-state index in [1.807, 2.05) is 18.2 Å². The Bertz CT molecular complexity index is 389. The van der Waals surface area contributed by atoms with Gasteiger partial charge >= 0.3 is 0 Å². The van der Waals surface area contributed by atoms with Crippen LogP contribution in [0.25, 0.3) is 0 Å². The monoisotopic (exact) mass is 236 g/mol. The number of benzene rings is 1. The minimum Gasteiger partial charge on any atom is -0.495 e. The fourth-order valence-corrected chi connectivity index (χ4v) is 2.09. The zero-order valence-corrected chi connectivity index (χ0v) is 10.2. The Hall–Kier alpha value is -1.42. The van der Waals surface area contributed by atoms with Crippen LogP contribution in [0.15, 0.2) is 18.2 Å². The third-order valence-electron chi connectivity index (χ3n) is 3.54. The van der Waals surface area contributed by atoms with Crippen LogP contribution in [0.2, 0.25) is 0 Å². The molecule has 1 fully saturated rings. The number of para-hydroxylation sites is 1. The fourth-order valence-electron chi connectivity index (χ4n) is 2.09. The first-order chi connectivity index (χ1) is 8.21. The van der Waals surface area contributed by atoms with Crippen LogP contribution in [0, 0.1) is 5.41 Å². The maximum Gasteiger partial charge on any atom is 0.143 e. The second kappa shape index (κ2) is 4.84. The molecule has 94 valence electrons. The summed E-state index contributed by atoms with van der Waals surface area (Å²) in [5.41, 5.74) is 7.82. The number of aliphatic hydroxyl groups excluding tert-OH is 1. The third kappa shape index (κ3) is 2.64. The van der Waals surface area contributed by atoms with Crippen molar-refractivity contribution in [3.8, 4) is 5.75 Å². The molecule has 0 aromatic heterocycles. The van der Waals surface area contributed by atoms with Crippen LogP contribution in [0.4, 0.5) is 11.4 Å². The first-order valence-corrected chi connectivity index (χ1v) is 5.98. The average Bonchev–Trinajstić information content (AvgIpc) is 3.09. The minimum absolute atomic E-state index is 0.259. The largest absolute Gasteiger partial charge is 0.495 e. The van der Waals surface area contributed by atoms with Crippen molar-refractivity contribution in [3.63, 3.8) is 0 Å². The van der Waals surface area contributed by atoms with E-state index in [0.29, 0.717) is 11.4 Å². The molecule has 2 rings (SSSR count). The van der Waals surface area contributed by atoms with Crippen molar-refractivity contribution in [2.75, 3.05) is 31.3 Å². The van der Waals surface area contributed by atoms with Gasteiger partial charge in [0.25, 0.3) is 0 Å². The fraction of sp³-hybridized carbons (Fsp3) is 0.538. The average molecular weight is 236 g/mol. The van der Waals surface area contributed by atoms with Crippen LogP contribution in [-0.2, 0) is 0 Å². The van der Waals surface area contributed by atoms with E-state index in [2.05, 4.69) is 5.32 Å². The molecule has 0 unspecified atom stereocenters. The second-order valence-electron chi connectivity index (χ2n) is 4.75. The van der Waals surface area contributed by atoms with Crippen molar-refractivity contribution >= 4 is 11.4 Å². The minimum atomic E-state index is 0.259. The molecule has 0 radical (unpaired) electrons. The number of hydrogen-bond donors (Lipinski definition) is 3. The van der Waals surface area contributed by atoms with E-state index in [9.17, 15) is 0 Å². The number of nitrogens with one attached hydrogen (secondary N) is 1. The van der Waals surface area contributed by atoms with Gasteiger partial charge in [-0.05, 0) is 36.8 Å². The first-order valence-electron chi connectivity index (χ1n) is 5.98. The van der Waals surface area contributed by atoms with Gasteiger partial charge in [-0.2, -0.15) is 0 Å². The molecule has 0 atom stereocenters. The molecule has 1 aromatic rings. The molecule has 0 saturated heterocycles. The Morgan fingerprint density at radius 1 is 1.47 bits per heavy atom. The molecular formula is C13H20N2O2. The number of nitrogens with two attached hydrogens (primary N) is 1. The van der Waals surface area contributed by atoms with Gasteiger partial charge in [0.2, 0.25) is 0 Å². The standard InChI is InChI=1S/C13H20N2O2/c1-17-11-4-2-3-10(12(11)14)15-9-13(5-6-13)7-8-16/h2-4,15-16H,5-9,14H2,1H3. The molecule has 4 heteroatoms. The van der Waals surface area contributed by atoms with E-state index in [4.69, 9.17) is 15.6 Å². The Labute approximate surface area is 102 Å². The third-order valence-corrected chi connectivity index (χ3v) is 3.54. The molecule has 0 amide bonds. The topological polar surface area (TPSA) is 67.5 Å². The normalized spacial score (nSPS) is 16.6. The second-order valence-corrected chi connectivity index (χ2v) is 4.75. The summed E-state index contributed by atoms with van der Waals surface area (Å²) in [4.78, 5) is 0. The predicted octanol–water partition coefficient (Wildman–Crippen LogP) is 1.85. The maximum absolute atomic E-state index is 9.00. The Kier molecular flexibility index (Phi) is 3.43. The molecule has 0 bridgehead atoms. The smallest absolute Gasteiger partial charge is 0.143 e. The lowest BCUT2D eigenvalue weighted by molar-refractivity contribution is 0.253. The highest BCUT2D eigenvalue weighted by atomic mass is 16.5. The zero-order valence-electron chi connectivity index (χ0n) is 10.2. The van der Waals surface area contributed by atoms with Crippen molar-refractivity contribution in [2.45, 2.75) is 19.3 Å². The highest BCUT2D eigenvalue weighted by Crippen LogP contribution is 2.48. The van der Waals surface area contributed by atoms with Gasteiger partial charge in [-0.1, -0.05) is 6.07 Å². The van der Waals surface area contributed by atoms with E-state index in [1.165, 1.54) is 12.8 Å². The SMILES string of the molecule is COc1cccc(NCC2(CCO)CC2)c1N. The summed E-state index contributed by atoms with van der Waals surface area (Å²) in [6.45, 7) is 1.13. The molecule has 0 aliphatic heterocycles. The van der Waals surface area contributed by atoms with Gasteiger partial charge in [0.1, 0.15) is 5.75 Å². The van der Waals surface area contributed by atoms with Gasteiger partial charge in [0, 0.05) is 13.2 Å². The van der Waals surface area contributed by atoms with Crippen LogP contribution in [0.3, 0.4) is 0 Å². The summed E-state index contributed by atoms with van der Waals surface area (Å²) < 4.78 is 5.18. The van der Waals surface area contributed by atoms with E-state index >= 15 is 0 Å². The molecule has 1 aromatic carbocycles. The molecule has 0 spiro atoms. The summed E-state index contributed by atoms with van der Waals surface area (Å²) in [5.74, 6) is 0.696. The lowest BCUT2D eigenvalue weighted by Gasteiger charge is -2.17. The lowest BCUT2D eigenvalue weighted by Crippen LogP contribution is -2.17. The van der Waals surface area contributed by atoms with Crippen LogP contribution in [0.1, 0.15) is 19.3 Å². The Morgan fingerprint density at radius 2 is 2.24 bits per heavy atom. The van der Waals surface area contributed by atoms with Gasteiger partial charge in [-0.25, -0.2) is 0 Å². The quantitative estimate of drug-likeness (QED) is 0.659. The molecule has 17 heavy (non-hydrogen) atoms. The number of aliphatic hydroxyl groups is 1. The summed E-state index contributed by atoms with van der Waals surface area (Å²) in [6.07, 6.45) is 3.23. The molecule has 0 heterocycles. The van der Waals surface area contributed by atoms with Gasteiger partial charge in [0.15, 0.2) is 0 Å². The van der Waals surface area contributed by atoms with Crippen LogP contribution < -0.4 is 15.8 Å². The van der Waals surface area contributed by atoms with E-state index < -0.39 is 0 Å². The summed E-state index contributed by atoms with van der Waals surface area (Å²) in [6, 6.07) is 5.72. The molecule has 1 aliphatic rings. The number of methoxy groups -OCH3 is 1. The van der Waals surface area contributed by atoms with Gasteiger partial charge in [0.05, 0.1) is 18.5 Å². The Morgan fingerprint density at radius 3 is 2.82 bits per heavy atom. The van der Waals surface area contributed by atoms with E-state index in [-0.39, 0.29) is 12.0 Å². The predicted molar refractivity (Wildman–Crippen MR) is 69.3 cm³/mol. The first kappa shape index (κ1) is 12.0. The highest BCUT2D eigenvalue weighted by molar-refractivity contribution is 5.72. The summed E-state index contributed by atoms with van der Waals surface area (Å²) in [5, 5.41) is 12.4. The zero-order chi connectivity index (χ0) is 12.3. The van der Waals surface area contributed by atoms with Gasteiger partial charge in [-0.15, -0.1) is 0 Å². The molecular weight excluding hydrogens is 216 g/mol. The van der Waals surface area contributed by atoms with Gasteiger partial charge < -0.3 is 20.9 Å². The van der Waals surface area contributed by atoms with E-state index in [0.717, 1.165) is 18.7 Å². The number of ether oxygens (including phenoxy) is 1. The number of rotatable bonds is 6. The molecule has 1 saturated carbocycles. The van der Waals surface area contributed by atoms with Crippen LogP contribution in [0.5, 0.6) is 5.75 Å². The highest BCUT2D eigenvalue weighted by Gasteiger charge is 2.41. The van der Waals surface area contributed by atoms with Crippen LogP contribution >= 0.6 is 0 Å². The van der Waals surface area contributed by atoms with E-state index in [1.54, 1.807) is 7.11 Å². The molecule has 4 N–H and O–H groups in total. The van der Waals surface area contributed by atoms with Crippen molar-refractivity contribution < 1.29 is 9.84 Å². The molecule has 4 nitrogen and oxygen atoms in total. The lowest BCUT2D eigenvalue weighted by atomic mass is 10.0. The maximum atomic E-state index is 9.00. The summed E-state index contributed by atoms with van der Waals surface area (Å²) >= 11 is 0. The van der Waals surface area contributed by atoms with Gasteiger partial charge in [-0.3, -0.25) is 0 Å². The number of anilines is 2. The van der Waals surface area contributed by atoms with Crippen molar-refractivity contribution in [3.05, 3.63) is 18.2 Å². The number of hydrogen-bond acceptors (Lipinski definition) is 4. The summed E-state index contributed by atoms with van der Waals surface area (Å²) in [7, 11) is 1.61. The van der Waals surface area contributed by atoms with Crippen molar-refractivity contribution in [1.82, 2.24) is 0 Å². The molecule has 1 aliphatic carbocycles. The van der Waals surface area contributed by atoms with Crippen molar-refractivity contribution in [2.24, 2.45) is 5.41 Å².